The van der Waals surface area contributed by atoms with Gasteiger partial charge in [0.05, 0.1) is 24.8 Å². The van der Waals surface area contributed by atoms with Crippen LogP contribution in [0.4, 0.5) is 13.2 Å². The lowest BCUT2D eigenvalue weighted by molar-refractivity contribution is -0.323. The largest absolute Gasteiger partial charge is 0.492 e. The quantitative estimate of drug-likeness (QED) is 0.312. The molecule has 0 atom stereocenters. The molecule has 0 radical (unpaired) electrons. The number of benzene rings is 2. The van der Waals surface area contributed by atoms with E-state index in [4.69, 9.17) is 25.8 Å². The third-order valence-electron chi connectivity index (χ3n) is 7.23. The number of alkyl halides is 3. The lowest BCUT2D eigenvalue weighted by Gasteiger charge is -2.41. The van der Waals surface area contributed by atoms with Crippen LogP contribution < -0.4 is 14.8 Å². The van der Waals surface area contributed by atoms with Gasteiger partial charge in [-0.2, -0.15) is 18.2 Å². The minimum Gasteiger partial charge on any atom is -0.492 e. The molecule has 0 bridgehead atoms. The first kappa shape index (κ1) is 27.7. The molecule has 9 nitrogen and oxygen atoms in total. The van der Waals surface area contributed by atoms with Crippen LogP contribution in [0.1, 0.15) is 5.56 Å². The second-order valence-corrected chi connectivity index (χ2v) is 10.4. The summed E-state index contributed by atoms with van der Waals surface area (Å²) in [5.41, 5.74) is -0.560. The molecule has 2 aromatic carbocycles. The molecule has 4 heterocycles. The molecular weight excluding hydrogens is 561 g/mol. The Morgan fingerprint density at radius 1 is 1.05 bits per heavy atom. The average molecular weight is 589 g/mol. The van der Waals surface area contributed by atoms with Gasteiger partial charge >= 0.3 is 6.18 Å². The van der Waals surface area contributed by atoms with E-state index in [9.17, 15) is 13.2 Å². The average Bonchev–Trinajstić information content (AvgIpc) is 3.30. The summed E-state index contributed by atoms with van der Waals surface area (Å²) in [4.78, 5) is 15.4. The molecule has 2 saturated heterocycles. The number of imidazole rings is 1. The monoisotopic (exact) mass is 588 g/mol. The predicted octanol–water partition coefficient (Wildman–Crippen LogP) is 4.19. The van der Waals surface area contributed by atoms with Gasteiger partial charge in [-0.05, 0) is 23.8 Å². The van der Waals surface area contributed by atoms with Crippen LogP contribution in [0.2, 0.25) is 5.02 Å². The fourth-order valence-corrected chi connectivity index (χ4v) is 5.11. The van der Waals surface area contributed by atoms with Crippen LogP contribution in [-0.2, 0) is 11.3 Å². The molecule has 0 unspecified atom stereocenters. The number of aromatic nitrogens is 4. The summed E-state index contributed by atoms with van der Waals surface area (Å²) in [5, 5.41) is 3.71. The third kappa shape index (κ3) is 5.69. The van der Waals surface area contributed by atoms with E-state index in [0.29, 0.717) is 41.0 Å². The van der Waals surface area contributed by atoms with E-state index in [-0.39, 0.29) is 11.4 Å². The molecule has 4 aromatic rings. The summed E-state index contributed by atoms with van der Waals surface area (Å²) in [6.45, 7) is 4.31. The van der Waals surface area contributed by atoms with Crippen molar-refractivity contribution in [1.29, 1.82) is 0 Å². The lowest BCUT2D eigenvalue weighted by atomic mass is 10.0. The number of ether oxygens (including phenoxy) is 3. The van der Waals surface area contributed by atoms with Gasteiger partial charge in [-0.15, -0.1) is 0 Å². The fourth-order valence-electron chi connectivity index (χ4n) is 4.86. The third-order valence-corrected chi connectivity index (χ3v) is 7.54. The molecule has 216 valence electrons. The molecule has 0 amide bonds. The van der Waals surface area contributed by atoms with Gasteiger partial charge in [0.15, 0.2) is 11.2 Å². The second kappa shape index (κ2) is 11.4. The van der Waals surface area contributed by atoms with Crippen molar-refractivity contribution in [1.82, 2.24) is 29.7 Å². The molecule has 1 N–H and O–H groups in total. The SMILES string of the molecule is FC(F)(F)C1(Oc2ncnc3c2nc(-c2ccc(OCCN4CCNCC4)cc2Cl)n3Cc2ccccc2)COC1. The minimum absolute atomic E-state index is 0.0985. The molecule has 2 aliphatic rings. The van der Waals surface area contributed by atoms with Crippen molar-refractivity contribution >= 4 is 22.8 Å². The standard InChI is InChI=1S/C28H28ClF3N6O3/c29-22-14-20(40-13-12-37-10-8-33-9-11-37)6-7-21(22)24-36-23-25(38(24)15-19-4-2-1-3-5-19)34-18-35-26(23)41-27(16-39-17-27)28(30,31)32/h1-7,14,18,33H,8-13,15-17H2. The molecule has 6 rings (SSSR count). The number of hydrogen-bond acceptors (Lipinski definition) is 8. The molecule has 0 aliphatic carbocycles. The number of piperazine rings is 1. The number of fused-ring (bicyclic) bond motifs is 1. The Labute approximate surface area is 239 Å². The lowest BCUT2D eigenvalue weighted by Crippen LogP contribution is -2.64. The zero-order valence-corrected chi connectivity index (χ0v) is 22.8. The van der Waals surface area contributed by atoms with Crippen molar-refractivity contribution in [3.8, 4) is 23.0 Å². The Bertz CT molecular complexity index is 1510. The van der Waals surface area contributed by atoms with Gasteiger partial charge in [0.2, 0.25) is 5.88 Å². The number of rotatable bonds is 9. The first-order valence-electron chi connectivity index (χ1n) is 13.3. The summed E-state index contributed by atoms with van der Waals surface area (Å²) in [5.74, 6) is 0.755. The van der Waals surface area contributed by atoms with Crippen molar-refractivity contribution in [2.75, 3.05) is 52.5 Å². The summed E-state index contributed by atoms with van der Waals surface area (Å²) in [7, 11) is 0. The van der Waals surface area contributed by atoms with Gasteiger partial charge in [0.1, 0.15) is 24.5 Å². The molecule has 0 spiro atoms. The van der Waals surface area contributed by atoms with Crippen LogP contribution in [0.3, 0.4) is 0 Å². The number of halogens is 4. The summed E-state index contributed by atoms with van der Waals surface area (Å²) >= 11 is 6.75. The molecule has 2 fully saturated rings. The summed E-state index contributed by atoms with van der Waals surface area (Å²) in [6, 6.07) is 14.9. The fraction of sp³-hybridized carbons (Fsp3) is 0.393. The highest BCUT2D eigenvalue weighted by Crippen LogP contribution is 2.41. The highest BCUT2D eigenvalue weighted by atomic mass is 35.5. The van der Waals surface area contributed by atoms with Crippen LogP contribution in [0.15, 0.2) is 54.9 Å². The second-order valence-electron chi connectivity index (χ2n) is 10.0. The van der Waals surface area contributed by atoms with E-state index in [2.05, 4.69) is 25.2 Å². The van der Waals surface area contributed by atoms with Crippen LogP contribution in [0.5, 0.6) is 11.6 Å². The van der Waals surface area contributed by atoms with Crippen molar-refractivity contribution in [2.24, 2.45) is 0 Å². The zero-order chi connectivity index (χ0) is 28.5. The Balaban J connectivity index is 1.33. The van der Waals surface area contributed by atoms with E-state index in [0.717, 1.165) is 38.3 Å². The van der Waals surface area contributed by atoms with Crippen LogP contribution in [-0.4, -0.2) is 88.7 Å². The molecule has 13 heteroatoms. The van der Waals surface area contributed by atoms with E-state index in [1.54, 1.807) is 22.8 Å². The number of nitrogens with zero attached hydrogens (tertiary/aromatic N) is 5. The first-order valence-corrected chi connectivity index (χ1v) is 13.7. The highest BCUT2D eigenvalue weighted by molar-refractivity contribution is 6.33. The van der Waals surface area contributed by atoms with Crippen molar-refractivity contribution in [3.63, 3.8) is 0 Å². The van der Waals surface area contributed by atoms with Gasteiger partial charge in [-0.1, -0.05) is 41.9 Å². The topological polar surface area (TPSA) is 86.6 Å². The smallest absolute Gasteiger partial charge is 0.432 e. The first-order chi connectivity index (χ1) is 19.8. The summed E-state index contributed by atoms with van der Waals surface area (Å²) in [6.07, 6.45) is -3.48. The summed E-state index contributed by atoms with van der Waals surface area (Å²) < 4.78 is 59.7. The number of hydrogen-bond donors (Lipinski definition) is 1. The van der Waals surface area contributed by atoms with Crippen molar-refractivity contribution in [2.45, 2.75) is 18.3 Å². The van der Waals surface area contributed by atoms with Crippen LogP contribution >= 0.6 is 11.6 Å². The molecule has 41 heavy (non-hydrogen) atoms. The minimum atomic E-state index is -4.65. The van der Waals surface area contributed by atoms with Gasteiger partial charge in [-0.3, -0.25) is 4.90 Å². The van der Waals surface area contributed by atoms with E-state index >= 15 is 0 Å². The van der Waals surface area contributed by atoms with Gasteiger partial charge in [0, 0.05) is 38.3 Å². The van der Waals surface area contributed by atoms with E-state index in [1.165, 1.54) is 6.33 Å². The molecular formula is C28H28ClF3N6O3. The highest BCUT2D eigenvalue weighted by Gasteiger charge is 2.63. The van der Waals surface area contributed by atoms with Gasteiger partial charge in [-0.25, -0.2) is 9.97 Å². The molecule has 2 aliphatic heterocycles. The van der Waals surface area contributed by atoms with Crippen LogP contribution in [0, 0.1) is 0 Å². The number of nitrogens with one attached hydrogen (secondary N) is 1. The van der Waals surface area contributed by atoms with E-state index < -0.39 is 25.0 Å². The predicted molar refractivity (Wildman–Crippen MR) is 146 cm³/mol. The maximum Gasteiger partial charge on any atom is 0.432 e. The van der Waals surface area contributed by atoms with Crippen LogP contribution in [0.25, 0.3) is 22.6 Å². The molecule has 2 aromatic heterocycles. The molecule has 0 saturated carbocycles. The normalized spacial score (nSPS) is 17.4. The van der Waals surface area contributed by atoms with Gasteiger partial charge in [0.25, 0.3) is 5.60 Å². The van der Waals surface area contributed by atoms with E-state index in [1.807, 2.05) is 30.3 Å². The van der Waals surface area contributed by atoms with Crippen molar-refractivity contribution < 1.29 is 27.4 Å². The Morgan fingerprint density at radius 3 is 2.51 bits per heavy atom. The maximum absolute atomic E-state index is 13.9. The Morgan fingerprint density at radius 2 is 1.83 bits per heavy atom. The maximum atomic E-state index is 13.9. The Kier molecular flexibility index (Phi) is 7.73. The van der Waals surface area contributed by atoms with Gasteiger partial charge < -0.3 is 24.1 Å². The Hall–Kier alpha value is -3.45. The zero-order valence-electron chi connectivity index (χ0n) is 22.0. The van der Waals surface area contributed by atoms with Crippen molar-refractivity contribution in [3.05, 3.63) is 65.4 Å².